The van der Waals surface area contributed by atoms with Gasteiger partial charge in [-0.25, -0.2) is 4.79 Å². The molecule has 8 heteroatoms. The van der Waals surface area contributed by atoms with Crippen LogP contribution in [-0.4, -0.2) is 42.0 Å². The van der Waals surface area contributed by atoms with Gasteiger partial charge in [0.2, 0.25) is 0 Å². The monoisotopic (exact) mass is 420 g/mol. The van der Waals surface area contributed by atoms with Gasteiger partial charge in [0.15, 0.2) is 11.5 Å². The van der Waals surface area contributed by atoms with E-state index in [1.54, 1.807) is 12.1 Å². The number of carbonyl (C=O) groups excluding carboxylic acids is 3. The van der Waals surface area contributed by atoms with Gasteiger partial charge in [-0.15, -0.1) is 0 Å². The smallest absolute Gasteiger partial charge is 0.331 e. The summed E-state index contributed by atoms with van der Waals surface area (Å²) >= 11 is 6.33. The van der Waals surface area contributed by atoms with Crippen molar-refractivity contribution in [2.45, 2.75) is 52.0 Å². The summed E-state index contributed by atoms with van der Waals surface area (Å²) in [6.07, 6.45) is 5.95. The molecule has 1 heterocycles. The molecule has 156 valence electrons. The van der Waals surface area contributed by atoms with E-state index >= 15 is 0 Å². The summed E-state index contributed by atoms with van der Waals surface area (Å²) in [7, 11) is 0. The number of carbonyl (C=O) groups is 3. The second-order valence-corrected chi connectivity index (χ2v) is 7.39. The fourth-order valence-electron chi connectivity index (χ4n) is 3.73. The molecule has 0 bridgehead atoms. The Labute approximate surface area is 175 Å². The van der Waals surface area contributed by atoms with Crippen molar-refractivity contribution in [2.75, 3.05) is 13.2 Å². The van der Waals surface area contributed by atoms with Crippen LogP contribution in [0.4, 0.5) is 4.79 Å². The zero-order valence-corrected chi connectivity index (χ0v) is 17.4. The van der Waals surface area contributed by atoms with Crippen molar-refractivity contribution in [3.63, 3.8) is 0 Å². The van der Waals surface area contributed by atoms with Crippen molar-refractivity contribution >= 4 is 35.5 Å². The van der Waals surface area contributed by atoms with Gasteiger partial charge in [-0.05, 0) is 50.5 Å². The summed E-state index contributed by atoms with van der Waals surface area (Å²) in [6, 6.07) is 2.43. The molecule has 0 aromatic heterocycles. The van der Waals surface area contributed by atoms with E-state index in [1.165, 1.54) is 11.0 Å². The molecule has 7 nitrogen and oxygen atoms in total. The Morgan fingerprint density at radius 1 is 1.10 bits per heavy atom. The van der Waals surface area contributed by atoms with Gasteiger partial charge < -0.3 is 9.47 Å². The molecule has 1 aromatic rings. The van der Waals surface area contributed by atoms with E-state index in [0.29, 0.717) is 35.3 Å². The lowest BCUT2D eigenvalue weighted by atomic mass is 9.93. The average molecular weight is 421 g/mol. The Kier molecular flexibility index (Phi) is 6.79. The molecule has 4 amide bonds. The summed E-state index contributed by atoms with van der Waals surface area (Å²) in [6.45, 7) is 4.49. The number of nitrogens with one attached hydrogen (secondary N) is 1. The van der Waals surface area contributed by atoms with E-state index in [0.717, 1.165) is 32.1 Å². The maximum absolute atomic E-state index is 13.0. The predicted molar refractivity (Wildman–Crippen MR) is 109 cm³/mol. The van der Waals surface area contributed by atoms with Gasteiger partial charge >= 0.3 is 6.03 Å². The van der Waals surface area contributed by atoms with Gasteiger partial charge in [-0.1, -0.05) is 30.9 Å². The minimum atomic E-state index is -0.713. The van der Waals surface area contributed by atoms with E-state index in [1.807, 2.05) is 13.8 Å². The summed E-state index contributed by atoms with van der Waals surface area (Å²) in [5, 5.41) is 2.60. The Morgan fingerprint density at radius 3 is 2.45 bits per heavy atom. The van der Waals surface area contributed by atoms with Crippen LogP contribution in [0, 0.1) is 0 Å². The fraction of sp³-hybridized carbons (Fsp3) is 0.476. The summed E-state index contributed by atoms with van der Waals surface area (Å²) < 4.78 is 11.1. The van der Waals surface area contributed by atoms with Crippen molar-refractivity contribution in [1.82, 2.24) is 10.2 Å². The number of halogens is 1. The second kappa shape index (κ2) is 9.31. The van der Waals surface area contributed by atoms with Crippen molar-refractivity contribution in [3.8, 4) is 11.5 Å². The number of benzene rings is 1. The first kappa shape index (κ1) is 21.2. The summed E-state index contributed by atoms with van der Waals surface area (Å²) in [5.74, 6) is -0.446. The Morgan fingerprint density at radius 2 is 1.79 bits per heavy atom. The van der Waals surface area contributed by atoms with Crippen LogP contribution in [0.3, 0.4) is 0 Å². The normalized spacial score (nSPS) is 19.5. The van der Waals surface area contributed by atoms with Gasteiger partial charge in [-0.2, -0.15) is 0 Å². The minimum Gasteiger partial charge on any atom is -0.490 e. The van der Waals surface area contributed by atoms with Crippen molar-refractivity contribution < 1.29 is 23.9 Å². The quantitative estimate of drug-likeness (QED) is 0.556. The molecular weight excluding hydrogens is 396 g/mol. The number of amides is 4. The fourth-order valence-corrected chi connectivity index (χ4v) is 4.00. The average Bonchev–Trinajstić information content (AvgIpc) is 2.69. The Hall–Kier alpha value is -2.54. The van der Waals surface area contributed by atoms with E-state index in [4.69, 9.17) is 21.1 Å². The van der Waals surface area contributed by atoms with Crippen LogP contribution >= 0.6 is 11.6 Å². The highest BCUT2D eigenvalue weighted by atomic mass is 35.5. The SMILES string of the molecule is CCOc1cc(C=C2C(=O)NC(=O)N(C3CCCCC3)C2=O)cc(Cl)c1OCC. The van der Waals surface area contributed by atoms with Crippen LogP contribution in [0.25, 0.3) is 6.08 Å². The standard InChI is InChI=1S/C21H25ClN2O5/c1-3-28-17-12-13(11-16(22)18(17)29-4-2)10-15-19(25)23-21(27)24(20(15)26)14-8-6-5-7-9-14/h10-12,14H,3-9H2,1-2H3,(H,23,25,27). The van der Waals surface area contributed by atoms with Gasteiger partial charge in [-0.3, -0.25) is 19.8 Å². The lowest BCUT2D eigenvalue weighted by Crippen LogP contribution is -2.58. The second-order valence-electron chi connectivity index (χ2n) is 6.98. The molecule has 1 aliphatic carbocycles. The summed E-state index contributed by atoms with van der Waals surface area (Å²) in [5.41, 5.74) is 0.413. The molecule has 2 aliphatic rings. The first-order valence-corrected chi connectivity index (χ1v) is 10.3. The van der Waals surface area contributed by atoms with Crippen LogP contribution in [-0.2, 0) is 9.59 Å². The van der Waals surface area contributed by atoms with Gasteiger partial charge in [0.25, 0.3) is 11.8 Å². The van der Waals surface area contributed by atoms with E-state index in [9.17, 15) is 14.4 Å². The number of ether oxygens (including phenoxy) is 2. The minimum absolute atomic E-state index is 0.0992. The zero-order chi connectivity index (χ0) is 21.0. The van der Waals surface area contributed by atoms with E-state index in [-0.39, 0.29) is 11.6 Å². The molecule has 0 spiro atoms. The van der Waals surface area contributed by atoms with Gasteiger partial charge in [0.1, 0.15) is 5.57 Å². The third kappa shape index (κ3) is 4.56. The lowest BCUT2D eigenvalue weighted by molar-refractivity contribution is -0.132. The Bertz CT molecular complexity index is 846. The van der Waals surface area contributed by atoms with E-state index < -0.39 is 17.8 Å². The molecule has 0 unspecified atom stereocenters. The number of rotatable bonds is 6. The van der Waals surface area contributed by atoms with Gasteiger partial charge in [0, 0.05) is 6.04 Å². The maximum Gasteiger partial charge on any atom is 0.331 e. The Balaban J connectivity index is 1.96. The highest BCUT2D eigenvalue weighted by molar-refractivity contribution is 6.33. The predicted octanol–water partition coefficient (Wildman–Crippen LogP) is 3.93. The molecule has 1 saturated heterocycles. The molecule has 1 saturated carbocycles. The highest BCUT2D eigenvalue weighted by Gasteiger charge is 2.40. The number of urea groups is 1. The number of nitrogens with zero attached hydrogens (tertiary/aromatic N) is 1. The highest BCUT2D eigenvalue weighted by Crippen LogP contribution is 2.37. The van der Waals surface area contributed by atoms with Crippen LogP contribution < -0.4 is 14.8 Å². The van der Waals surface area contributed by atoms with Crippen LogP contribution in [0.5, 0.6) is 11.5 Å². The topological polar surface area (TPSA) is 84.9 Å². The lowest BCUT2D eigenvalue weighted by Gasteiger charge is -2.35. The maximum atomic E-state index is 13.0. The van der Waals surface area contributed by atoms with Crippen LogP contribution in [0.1, 0.15) is 51.5 Å². The van der Waals surface area contributed by atoms with Crippen LogP contribution in [0.15, 0.2) is 17.7 Å². The number of barbiturate groups is 1. The van der Waals surface area contributed by atoms with Crippen molar-refractivity contribution in [3.05, 3.63) is 28.3 Å². The summed E-state index contributed by atoms with van der Waals surface area (Å²) in [4.78, 5) is 38.9. The molecule has 2 fully saturated rings. The van der Waals surface area contributed by atoms with Crippen molar-refractivity contribution in [1.29, 1.82) is 0 Å². The first-order chi connectivity index (χ1) is 14.0. The molecule has 1 aliphatic heterocycles. The molecule has 0 radical (unpaired) electrons. The number of imide groups is 2. The van der Waals surface area contributed by atoms with Crippen molar-refractivity contribution in [2.24, 2.45) is 0 Å². The zero-order valence-electron chi connectivity index (χ0n) is 16.6. The number of hydrogen-bond acceptors (Lipinski definition) is 5. The third-order valence-corrected chi connectivity index (χ3v) is 5.29. The van der Waals surface area contributed by atoms with E-state index in [2.05, 4.69) is 5.32 Å². The van der Waals surface area contributed by atoms with Gasteiger partial charge in [0.05, 0.1) is 18.2 Å². The largest absolute Gasteiger partial charge is 0.490 e. The molecule has 3 rings (SSSR count). The molecule has 29 heavy (non-hydrogen) atoms. The molecule has 0 atom stereocenters. The molecular formula is C21H25ClN2O5. The number of hydrogen-bond donors (Lipinski definition) is 1. The molecule has 1 aromatic carbocycles. The van der Waals surface area contributed by atoms with Crippen LogP contribution in [0.2, 0.25) is 5.02 Å². The first-order valence-electron chi connectivity index (χ1n) is 9.96. The molecule has 1 N–H and O–H groups in total. The third-order valence-electron chi connectivity index (χ3n) is 5.00.